The quantitative estimate of drug-likeness (QED) is 0.606. The Kier molecular flexibility index (Phi) is 5.35. The minimum Gasteiger partial charge on any atom is -0.497 e. The van der Waals surface area contributed by atoms with Crippen molar-refractivity contribution in [3.63, 3.8) is 0 Å². The zero-order valence-electron chi connectivity index (χ0n) is 15.8. The van der Waals surface area contributed by atoms with Crippen LogP contribution >= 0.6 is 0 Å². The van der Waals surface area contributed by atoms with Gasteiger partial charge in [0.1, 0.15) is 11.5 Å². The standard InChI is InChI=1S/C21H27N3O2/c1-13(2)14-5-7-15(8-6-14)17-12-18(17)23-21(22)24-19-11-16(25-3)9-10-20(19)26-4/h5-11,13,17-18H,12H2,1-4H3,(H3,22,23,24). The molecule has 0 heterocycles. The highest BCUT2D eigenvalue weighted by Crippen LogP contribution is 2.43. The number of rotatable bonds is 6. The van der Waals surface area contributed by atoms with Crippen LogP contribution in [0.15, 0.2) is 47.5 Å². The molecule has 2 atom stereocenters. The fraction of sp³-hybridized carbons (Fsp3) is 0.381. The van der Waals surface area contributed by atoms with E-state index in [1.807, 2.05) is 18.2 Å². The lowest BCUT2D eigenvalue weighted by molar-refractivity contribution is 0.405. The molecule has 2 aromatic rings. The number of nitrogens with one attached hydrogen (secondary N) is 1. The molecule has 5 nitrogen and oxygen atoms in total. The van der Waals surface area contributed by atoms with Gasteiger partial charge in [0.25, 0.3) is 0 Å². The molecule has 0 aromatic heterocycles. The van der Waals surface area contributed by atoms with Crippen LogP contribution in [0.4, 0.5) is 5.69 Å². The molecule has 2 aromatic carbocycles. The number of hydrogen-bond acceptors (Lipinski definition) is 3. The lowest BCUT2D eigenvalue weighted by Crippen LogP contribution is -2.23. The van der Waals surface area contributed by atoms with E-state index < -0.39 is 0 Å². The summed E-state index contributed by atoms with van der Waals surface area (Å²) in [5.74, 6) is 2.82. The van der Waals surface area contributed by atoms with Gasteiger partial charge in [-0.2, -0.15) is 0 Å². The summed E-state index contributed by atoms with van der Waals surface area (Å²) in [6, 6.07) is 14.6. The second-order valence-electron chi connectivity index (χ2n) is 6.94. The Morgan fingerprint density at radius 3 is 2.46 bits per heavy atom. The van der Waals surface area contributed by atoms with E-state index in [9.17, 15) is 0 Å². The van der Waals surface area contributed by atoms with Crippen LogP contribution in [-0.2, 0) is 0 Å². The number of nitrogens with zero attached hydrogens (tertiary/aromatic N) is 1. The highest BCUT2D eigenvalue weighted by molar-refractivity contribution is 5.94. The van der Waals surface area contributed by atoms with Gasteiger partial charge in [-0.3, -0.25) is 0 Å². The van der Waals surface area contributed by atoms with Crippen molar-refractivity contribution in [3.05, 3.63) is 53.6 Å². The third-order valence-corrected chi connectivity index (χ3v) is 4.76. The second kappa shape index (κ2) is 7.68. The number of benzene rings is 2. The van der Waals surface area contributed by atoms with Crippen molar-refractivity contribution >= 4 is 11.6 Å². The number of anilines is 1. The molecular formula is C21H27N3O2. The topological polar surface area (TPSA) is 68.9 Å². The molecule has 138 valence electrons. The minimum absolute atomic E-state index is 0.226. The molecule has 1 saturated carbocycles. The molecule has 1 aliphatic rings. The smallest absolute Gasteiger partial charge is 0.193 e. The van der Waals surface area contributed by atoms with Crippen LogP contribution in [-0.4, -0.2) is 26.2 Å². The van der Waals surface area contributed by atoms with Crippen molar-refractivity contribution in [2.45, 2.75) is 38.1 Å². The van der Waals surface area contributed by atoms with Crippen LogP contribution in [0.5, 0.6) is 11.5 Å². The molecule has 0 spiro atoms. The van der Waals surface area contributed by atoms with Gasteiger partial charge in [0.15, 0.2) is 5.96 Å². The molecule has 0 saturated heterocycles. The largest absolute Gasteiger partial charge is 0.497 e. The van der Waals surface area contributed by atoms with E-state index in [1.54, 1.807) is 14.2 Å². The number of nitrogens with two attached hydrogens (primary N) is 1. The molecule has 3 rings (SSSR count). The molecule has 1 fully saturated rings. The number of hydrogen-bond donors (Lipinski definition) is 2. The summed E-state index contributed by atoms with van der Waals surface area (Å²) in [6.45, 7) is 4.41. The molecule has 0 aliphatic heterocycles. The Bertz CT molecular complexity index is 784. The van der Waals surface area contributed by atoms with Crippen molar-refractivity contribution in [2.75, 3.05) is 19.5 Å². The number of aliphatic imine (C=N–C) groups is 1. The lowest BCUT2D eigenvalue weighted by atomic mass is 10.0. The van der Waals surface area contributed by atoms with Gasteiger partial charge in [-0.25, -0.2) is 4.99 Å². The van der Waals surface area contributed by atoms with Crippen molar-refractivity contribution < 1.29 is 9.47 Å². The lowest BCUT2D eigenvalue weighted by Gasteiger charge is -2.12. The monoisotopic (exact) mass is 353 g/mol. The van der Waals surface area contributed by atoms with Gasteiger partial charge in [0, 0.05) is 12.0 Å². The Morgan fingerprint density at radius 1 is 1.12 bits per heavy atom. The molecule has 5 heteroatoms. The van der Waals surface area contributed by atoms with Gasteiger partial charge in [0.2, 0.25) is 0 Å². The fourth-order valence-electron chi connectivity index (χ4n) is 3.07. The summed E-state index contributed by atoms with van der Waals surface area (Å²) < 4.78 is 10.6. The van der Waals surface area contributed by atoms with Crippen LogP contribution in [0.25, 0.3) is 0 Å². The Hall–Kier alpha value is -2.69. The van der Waals surface area contributed by atoms with Crippen molar-refractivity contribution in [1.82, 2.24) is 0 Å². The van der Waals surface area contributed by atoms with Crippen LogP contribution < -0.4 is 20.5 Å². The Morgan fingerprint density at radius 2 is 1.85 bits per heavy atom. The van der Waals surface area contributed by atoms with Gasteiger partial charge in [-0.1, -0.05) is 38.1 Å². The van der Waals surface area contributed by atoms with E-state index in [4.69, 9.17) is 15.2 Å². The maximum Gasteiger partial charge on any atom is 0.193 e. The molecule has 3 N–H and O–H groups in total. The highest BCUT2D eigenvalue weighted by atomic mass is 16.5. The summed E-state index contributed by atoms with van der Waals surface area (Å²) in [5, 5.41) is 3.13. The molecule has 1 aliphatic carbocycles. The molecule has 2 unspecified atom stereocenters. The first-order chi connectivity index (χ1) is 12.5. The zero-order chi connectivity index (χ0) is 18.7. The molecule has 0 radical (unpaired) electrons. The molecular weight excluding hydrogens is 326 g/mol. The van der Waals surface area contributed by atoms with E-state index in [0.29, 0.717) is 23.5 Å². The van der Waals surface area contributed by atoms with Gasteiger partial charge in [0.05, 0.1) is 25.9 Å². The normalized spacial score (nSPS) is 19.3. The predicted octanol–water partition coefficient (Wildman–Crippen LogP) is 4.11. The number of guanidine groups is 1. The molecule has 0 bridgehead atoms. The van der Waals surface area contributed by atoms with Crippen molar-refractivity contribution in [3.8, 4) is 11.5 Å². The summed E-state index contributed by atoms with van der Waals surface area (Å²) in [5.41, 5.74) is 9.54. The maximum absolute atomic E-state index is 6.11. The highest BCUT2D eigenvalue weighted by Gasteiger charge is 2.38. The Balaban J connectivity index is 1.66. The van der Waals surface area contributed by atoms with E-state index in [1.165, 1.54) is 11.1 Å². The van der Waals surface area contributed by atoms with Crippen molar-refractivity contribution in [1.29, 1.82) is 0 Å². The average Bonchev–Trinajstić information content (AvgIpc) is 3.40. The summed E-state index contributed by atoms with van der Waals surface area (Å²) >= 11 is 0. The third-order valence-electron chi connectivity index (χ3n) is 4.76. The van der Waals surface area contributed by atoms with E-state index in [-0.39, 0.29) is 6.04 Å². The summed E-state index contributed by atoms with van der Waals surface area (Å²) in [4.78, 5) is 4.62. The Labute approximate surface area is 155 Å². The van der Waals surface area contributed by atoms with Gasteiger partial charge >= 0.3 is 0 Å². The molecule has 0 amide bonds. The summed E-state index contributed by atoms with van der Waals surface area (Å²) in [6.07, 6.45) is 1.03. The molecule has 26 heavy (non-hydrogen) atoms. The summed E-state index contributed by atoms with van der Waals surface area (Å²) in [7, 11) is 3.25. The fourth-order valence-corrected chi connectivity index (χ4v) is 3.07. The second-order valence-corrected chi connectivity index (χ2v) is 6.94. The number of ether oxygens (including phenoxy) is 2. The van der Waals surface area contributed by atoms with E-state index in [2.05, 4.69) is 48.4 Å². The van der Waals surface area contributed by atoms with Gasteiger partial charge < -0.3 is 20.5 Å². The first kappa shape index (κ1) is 18.1. The van der Waals surface area contributed by atoms with E-state index in [0.717, 1.165) is 17.9 Å². The van der Waals surface area contributed by atoms with Crippen LogP contribution in [0.2, 0.25) is 0 Å². The zero-order valence-corrected chi connectivity index (χ0v) is 15.8. The maximum atomic E-state index is 6.11. The van der Waals surface area contributed by atoms with Gasteiger partial charge in [-0.05, 0) is 35.6 Å². The van der Waals surface area contributed by atoms with E-state index >= 15 is 0 Å². The number of methoxy groups -OCH3 is 2. The van der Waals surface area contributed by atoms with Crippen LogP contribution in [0, 0.1) is 0 Å². The minimum atomic E-state index is 0.226. The first-order valence-corrected chi connectivity index (χ1v) is 8.94. The SMILES string of the molecule is COc1ccc(OC)c(NC(N)=NC2CC2c2ccc(C(C)C)cc2)c1. The van der Waals surface area contributed by atoms with Crippen LogP contribution in [0.3, 0.4) is 0 Å². The third kappa shape index (κ3) is 4.10. The average molecular weight is 353 g/mol. The van der Waals surface area contributed by atoms with Crippen molar-refractivity contribution in [2.24, 2.45) is 10.7 Å². The van der Waals surface area contributed by atoms with Crippen LogP contribution in [0.1, 0.15) is 43.2 Å². The van der Waals surface area contributed by atoms with Gasteiger partial charge in [-0.15, -0.1) is 0 Å². The predicted molar refractivity (Wildman–Crippen MR) is 106 cm³/mol. The first-order valence-electron chi connectivity index (χ1n) is 8.94.